The summed E-state index contributed by atoms with van der Waals surface area (Å²) in [5.41, 5.74) is 0.546. The monoisotopic (exact) mass is 220 g/mol. The standard InChI is InChI=1S/C11H12N2O3/c1-3-8(2)12-10-5-4-9(7-14)6-11(10)13(15)16/h3-8,12H,1H2,2H3. The molecule has 0 spiro atoms. The number of hydrogen-bond donors (Lipinski definition) is 1. The zero-order valence-electron chi connectivity index (χ0n) is 8.84. The molecule has 1 unspecified atom stereocenters. The molecule has 5 nitrogen and oxygen atoms in total. The highest BCUT2D eigenvalue weighted by Gasteiger charge is 2.15. The van der Waals surface area contributed by atoms with Gasteiger partial charge in [0.05, 0.1) is 4.92 Å². The normalized spacial score (nSPS) is 11.6. The van der Waals surface area contributed by atoms with Crippen molar-refractivity contribution in [2.75, 3.05) is 5.32 Å². The molecule has 1 aromatic rings. The van der Waals surface area contributed by atoms with E-state index in [4.69, 9.17) is 0 Å². The summed E-state index contributed by atoms with van der Waals surface area (Å²) in [6.45, 7) is 5.40. The Kier molecular flexibility index (Phi) is 3.77. The molecule has 1 atom stereocenters. The Morgan fingerprint density at radius 2 is 2.25 bits per heavy atom. The smallest absolute Gasteiger partial charge is 0.293 e. The van der Waals surface area contributed by atoms with Gasteiger partial charge in [0, 0.05) is 17.7 Å². The van der Waals surface area contributed by atoms with Crippen LogP contribution in [0.3, 0.4) is 0 Å². The van der Waals surface area contributed by atoms with Crippen LogP contribution < -0.4 is 5.32 Å². The third-order valence-electron chi connectivity index (χ3n) is 2.09. The van der Waals surface area contributed by atoms with E-state index in [0.717, 1.165) is 0 Å². The Morgan fingerprint density at radius 1 is 1.56 bits per heavy atom. The zero-order chi connectivity index (χ0) is 12.1. The van der Waals surface area contributed by atoms with Gasteiger partial charge in [0.2, 0.25) is 0 Å². The van der Waals surface area contributed by atoms with Crippen LogP contribution in [0.1, 0.15) is 17.3 Å². The Morgan fingerprint density at radius 3 is 2.75 bits per heavy atom. The van der Waals surface area contributed by atoms with Crippen LogP contribution >= 0.6 is 0 Å². The van der Waals surface area contributed by atoms with Gasteiger partial charge in [0.25, 0.3) is 5.69 Å². The van der Waals surface area contributed by atoms with Crippen molar-refractivity contribution in [1.29, 1.82) is 0 Å². The summed E-state index contributed by atoms with van der Waals surface area (Å²) in [6, 6.07) is 4.20. The maximum atomic E-state index is 10.8. The highest BCUT2D eigenvalue weighted by Crippen LogP contribution is 2.25. The first-order valence-corrected chi connectivity index (χ1v) is 4.71. The first-order chi connectivity index (χ1) is 7.58. The lowest BCUT2D eigenvalue weighted by Gasteiger charge is -2.10. The minimum absolute atomic E-state index is 0.0826. The number of nitro groups is 1. The number of benzene rings is 1. The molecule has 0 aliphatic carbocycles. The Bertz CT molecular complexity index is 429. The molecule has 0 saturated heterocycles. The molecule has 5 heteroatoms. The van der Waals surface area contributed by atoms with Crippen molar-refractivity contribution in [3.05, 3.63) is 46.5 Å². The number of rotatable bonds is 5. The Balaban J connectivity index is 3.12. The van der Waals surface area contributed by atoms with E-state index in [0.29, 0.717) is 12.0 Å². The molecule has 0 saturated carbocycles. The van der Waals surface area contributed by atoms with Crippen LogP contribution in [0.4, 0.5) is 11.4 Å². The van der Waals surface area contributed by atoms with Gasteiger partial charge >= 0.3 is 0 Å². The fourth-order valence-corrected chi connectivity index (χ4v) is 1.20. The summed E-state index contributed by atoms with van der Waals surface area (Å²) in [6.07, 6.45) is 2.21. The zero-order valence-corrected chi connectivity index (χ0v) is 8.84. The fraction of sp³-hybridized carbons (Fsp3) is 0.182. The topological polar surface area (TPSA) is 72.2 Å². The molecule has 1 aromatic carbocycles. The molecule has 84 valence electrons. The second-order valence-corrected chi connectivity index (χ2v) is 3.32. The van der Waals surface area contributed by atoms with E-state index in [1.54, 1.807) is 6.08 Å². The molecule has 1 rings (SSSR count). The summed E-state index contributed by atoms with van der Waals surface area (Å²) < 4.78 is 0. The highest BCUT2D eigenvalue weighted by atomic mass is 16.6. The van der Waals surface area contributed by atoms with Gasteiger partial charge in [-0.3, -0.25) is 14.9 Å². The van der Waals surface area contributed by atoms with Crippen LogP contribution in [0, 0.1) is 10.1 Å². The molecule has 0 aromatic heterocycles. The molecule has 1 N–H and O–H groups in total. The molecular weight excluding hydrogens is 208 g/mol. The molecular formula is C11H12N2O3. The van der Waals surface area contributed by atoms with E-state index >= 15 is 0 Å². The van der Waals surface area contributed by atoms with Gasteiger partial charge in [-0.15, -0.1) is 6.58 Å². The number of anilines is 1. The van der Waals surface area contributed by atoms with Gasteiger partial charge in [-0.25, -0.2) is 0 Å². The Labute approximate surface area is 92.9 Å². The van der Waals surface area contributed by atoms with E-state index in [1.807, 2.05) is 6.92 Å². The summed E-state index contributed by atoms with van der Waals surface area (Å²) >= 11 is 0. The predicted molar refractivity (Wildman–Crippen MR) is 61.8 cm³/mol. The number of aldehydes is 1. The summed E-state index contributed by atoms with van der Waals surface area (Å²) in [5, 5.41) is 13.7. The first kappa shape index (κ1) is 11.9. The van der Waals surface area contributed by atoms with Crippen molar-refractivity contribution in [1.82, 2.24) is 0 Å². The molecule has 0 amide bonds. The summed E-state index contributed by atoms with van der Waals surface area (Å²) in [7, 11) is 0. The van der Waals surface area contributed by atoms with Crippen molar-refractivity contribution in [3.63, 3.8) is 0 Å². The maximum Gasteiger partial charge on any atom is 0.293 e. The SMILES string of the molecule is C=CC(C)Nc1ccc(C=O)cc1[N+](=O)[O-]. The molecule has 0 fully saturated rings. The number of carbonyl (C=O) groups excluding carboxylic acids is 1. The number of nitro benzene ring substituents is 1. The highest BCUT2D eigenvalue weighted by molar-refractivity contribution is 5.79. The molecule has 0 aliphatic heterocycles. The van der Waals surface area contributed by atoms with E-state index < -0.39 is 4.92 Å². The van der Waals surface area contributed by atoms with E-state index in [1.165, 1.54) is 18.2 Å². The van der Waals surface area contributed by atoms with E-state index in [-0.39, 0.29) is 17.3 Å². The summed E-state index contributed by atoms with van der Waals surface area (Å²) in [4.78, 5) is 20.8. The van der Waals surface area contributed by atoms with Gasteiger partial charge in [0.1, 0.15) is 12.0 Å². The fourth-order valence-electron chi connectivity index (χ4n) is 1.20. The van der Waals surface area contributed by atoms with Crippen LogP contribution in [0.5, 0.6) is 0 Å². The van der Waals surface area contributed by atoms with Crippen LogP contribution in [-0.2, 0) is 0 Å². The Hall–Kier alpha value is -2.17. The molecule has 0 heterocycles. The lowest BCUT2D eigenvalue weighted by Crippen LogP contribution is -2.12. The van der Waals surface area contributed by atoms with E-state index in [9.17, 15) is 14.9 Å². The second kappa shape index (κ2) is 5.06. The van der Waals surface area contributed by atoms with Gasteiger partial charge in [-0.05, 0) is 19.1 Å². The largest absolute Gasteiger partial charge is 0.374 e. The third-order valence-corrected chi connectivity index (χ3v) is 2.09. The van der Waals surface area contributed by atoms with Gasteiger partial charge in [-0.1, -0.05) is 6.08 Å². The number of nitrogens with zero attached hydrogens (tertiary/aromatic N) is 1. The predicted octanol–water partition coefficient (Wildman–Crippen LogP) is 2.39. The van der Waals surface area contributed by atoms with Crippen LogP contribution in [0.25, 0.3) is 0 Å². The second-order valence-electron chi connectivity index (χ2n) is 3.32. The van der Waals surface area contributed by atoms with Crippen LogP contribution in [0.2, 0.25) is 0 Å². The van der Waals surface area contributed by atoms with E-state index in [2.05, 4.69) is 11.9 Å². The van der Waals surface area contributed by atoms with Gasteiger partial charge in [0.15, 0.2) is 0 Å². The molecule has 0 radical (unpaired) electrons. The third kappa shape index (κ3) is 2.66. The maximum absolute atomic E-state index is 10.8. The number of nitrogens with one attached hydrogen (secondary N) is 1. The van der Waals surface area contributed by atoms with Crippen molar-refractivity contribution >= 4 is 17.7 Å². The quantitative estimate of drug-likeness (QED) is 0.358. The first-order valence-electron chi connectivity index (χ1n) is 4.71. The minimum Gasteiger partial charge on any atom is -0.374 e. The van der Waals surface area contributed by atoms with Crippen molar-refractivity contribution < 1.29 is 9.72 Å². The average Bonchev–Trinajstić information content (AvgIpc) is 2.29. The molecule has 0 aliphatic rings. The van der Waals surface area contributed by atoms with Crippen LogP contribution in [-0.4, -0.2) is 17.3 Å². The average molecular weight is 220 g/mol. The van der Waals surface area contributed by atoms with Gasteiger partial charge in [-0.2, -0.15) is 0 Å². The number of hydrogen-bond acceptors (Lipinski definition) is 4. The van der Waals surface area contributed by atoms with Crippen molar-refractivity contribution in [2.24, 2.45) is 0 Å². The molecule has 16 heavy (non-hydrogen) atoms. The van der Waals surface area contributed by atoms with Crippen molar-refractivity contribution in [2.45, 2.75) is 13.0 Å². The molecule has 0 bridgehead atoms. The van der Waals surface area contributed by atoms with Gasteiger partial charge < -0.3 is 5.32 Å². The van der Waals surface area contributed by atoms with Crippen molar-refractivity contribution in [3.8, 4) is 0 Å². The minimum atomic E-state index is -0.523. The lowest BCUT2D eigenvalue weighted by atomic mass is 10.1. The number of carbonyl (C=O) groups is 1. The van der Waals surface area contributed by atoms with Crippen LogP contribution in [0.15, 0.2) is 30.9 Å². The lowest BCUT2D eigenvalue weighted by molar-refractivity contribution is -0.384. The summed E-state index contributed by atoms with van der Waals surface area (Å²) in [5.74, 6) is 0.